The molecule has 0 saturated carbocycles. The van der Waals surface area contributed by atoms with E-state index in [-0.39, 0.29) is 17.3 Å². The van der Waals surface area contributed by atoms with Gasteiger partial charge in [0.15, 0.2) is 0 Å². The monoisotopic (exact) mass is 282 g/mol. The molecule has 1 aromatic carbocycles. The van der Waals surface area contributed by atoms with Crippen molar-refractivity contribution in [2.24, 2.45) is 0 Å². The number of amides is 2. The first-order chi connectivity index (χ1) is 9.47. The summed E-state index contributed by atoms with van der Waals surface area (Å²) in [4.78, 5) is 22.7. The Kier molecular flexibility index (Phi) is 5.79. The number of rotatable bonds is 6. The maximum Gasteiger partial charge on any atom is 0.335 e. The molecule has 1 unspecified atom stereocenters. The van der Waals surface area contributed by atoms with Gasteiger partial charge in [0.1, 0.15) is 5.75 Å². The molecular formula is C13H18N2O5. The number of benzene rings is 1. The fraction of sp³-hybridized carbons (Fsp3) is 0.385. The lowest BCUT2D eigenvalue weighted by Crippen LogP contribution is -2.38. The van der Waals surface area contributed by atoms with E-state index in [1.54, 1.807) is 6.92 Å². The van der Waals surface area contributed by atoms with E-state index in [2.05, 4.69) is 10.6 Å². The zero-order chi connectivity index (χ0) is 15.1. The Morgan fingerprint density at radius 1 is 1.35 bits per heavy atom. The number of anilines is 1. The Labute approximate surface area is 116 Å². The van der Waals surface area contributed by atoms with Gasteiger partial charge in [-0.1, -0.05) is 0 Å². The van der Waals surface area contributed by atoms with Crippen LogP contribution in [-0.2, 0) is 4.74 Å². The van der Waals surface area contributed by atoms with E-state index in [1.807, 2.05) is 0 Å². The minimum Gasteiger partial charge on any atom is -0.495 e. The van der Waals surface area contributed by atoms with E-state index in [1.165, 1.54) is 32.4 Å². The average Bonchev–Trinajstić information content (AvgIpc) is 2.38. The number of hydrogen-bond donors (Lipinski definition) is 3. The van der Waals surface area contributed by atoms with Gasteiger partial charge in [0.25, 0.3) is 0 Å². The predicted octanol–water partition coefficient (Wildman–Crippen LogP) is 1.55. The number of carboxylic acid groups (broad SMARTS) is 1. The van der Waals surface area contributed by atoms with Crippen LogP contribution in [0.2, 0.25) is 0 Å². The largest absolute Gasteiger partial charge is 0.495 e. The van der Waals surface area contributed by atoms with Crippen molar-refractivity contribution in [2.45, 2.75) is 13.0 Å². The first-order valence-electron chi connectivity index (χ1n) is 5.95. The lowest BCUT2D eigenvalue weighted by molar-refractivity contribution is 0.0697. The van der Waals surface area contributed by atoms with E-state index in [0.717, 1.165) is 0 Å². The topological polar surface area (TPSA) is 96.9 Å². The SMILES string of the molecule is COCC(C)NC(=O)Nc1cc(C(=O)O)ccc1OC. The van der Waals surface area contributed by atoms with Gasteiger partial charge in [0, 0.05) is 7.11 Å². The van der Waals surface area contributed by atoms with Crippen LogP contribution >= 0.6 is 0 Å². The summed E-state index contributed by atoms with van der Waals surface area (Å²) in [5, 5.41) is 14.1. The van der Waals surface area contributed by atoms with Gasteiger partial charge in [0.05, 0.1) is 31.0 Å². The molecule has 1 rings (SSSR count). The minimum absolute atomic E-state index is 0.0611. The number of methoxy groups -OCH3 is 2. The number of carboxylic acids is 1. The molecule has 20 heavy (non-hydrogen) atoms. The molecule has 0 aliphatic rings. The molecule has 0 fully saturated rings. The van der Waals surface area contributed by atoms with E-state index in [0.29, 0.717) is 12.4 Å². The summed E-state index contributed by atoms with van der Waals surface area (Å²) in [7, 11) is 2.97. The third-order valence-electron chi connectivity index (χ3n) is 2.49. The number of urea groups is 1. The quantitative estimate of drug-likeness (QED) is 0.735. The van der Waals surface area contributed by atoms with Crippen molar-refractivity contribution in [1.82, 2.24) is 5.32 Å². The van der Waals surface area contributed by atoms with Gasteiger partial charge in [-0.2, -0.15) is 0 Å². The van der Waals surface area contributed by atoms with Crippen LogP contribution < -0.4 is 15.4 Å². The van der Waals surface area contributed by atoms with Crippen molar-refractivity contribution in [1.29, 1.82) is 0 Å². The molecule has 0 aromatic heterocycles. The summed E-state index contributed by atoms with van der Waals surface area (Å²) in [5.41, 5.74) is 0.348. The van der Waals surface area contributed by atoms with Gasteiger partial charge in [-0.15, -0.1) is 0 Å². The summed E-state index contributed by atoms with van der Waals surface area (Å²) in [6, 6.07) is 3.58. The molecule has 1 atom stereocenters. The first-order valence-corrected chi connectivity index (χ1v) is 5.95. The van der Waals surface area contributed by atoms with Gasteiger partial charge in [-0.05, 0) is 25.1 Å². The summed E-state index contributed by atoms with van der Waals surface area (Å²) in [6.45, 7) is 2.16. The predicted molar refractivity (Wildman–Crippen MR) is 73.4 cm³/mol. The van der Waals surface area contributed by atoms with Gasteiger partial charge in [-0.3, -0.25) is 0 Å². The van der Waals surface area contributed by atoms with Crippen molar-refractivity contribution in [3.8, 4) is 5.75 Å². The Balaban J connectivity index is 2.81. The Hall–Kier alpha value is -2.28. The molecule has 0 spiro atoms. The van der Waals surface area contributed by atoms with Crippen LogP contribution in [0.25, 0.3) is 0 Å². The highest BCUT2D eigenvalue weighted by Crippen LogP contribution is 2.25. The average molecular weight is 282 g/mol. The van der Waals surface area contributed by atoms with Crippen LogP contribution in [0, 0.1) is 0 Å². The van der Waals surface area contributed by atoms with Crippen molar-refractivity contribution in [2.75, 3.05) is 26.1 Å². The molecule has 0 aliphatic heterocycles. The van der Waals surface area contributed by atoms with Crippen molar-refractivity contribution >= 4 is 17.7 Å². The Morgan fingerprint density at radius 3 is 2.60 bits per heavy atom. The molecule has 2 amide bonds. The van der Waals surface area contributed by atoms with Crippen LogP contribution in [-0.4, -0.2) is 44.0 Å². The number of hydrogen-bond acceptors (Lipinski definition) is 4. The summed E-state index contributed by atoms with van der Waals surface area (Å²) < 4.78 is 9.98. The molecule has 0 saturated heterocycles. The minimum atomic E-state index is -1.08. The Morgan fingerprint density at radius 2 is 2.05 bits per heavy atom. The highest BCUT2D eigenvalue weighted by atomic mass is 16.5. The molecule has 7 nitrogen and oxygen atoms in total. The molecule has 0 heterocycles. The Bertz CT molecular complexity index is 490. The highest BCUT2D eigenvalue weighted by molar-refractivity contribution is 5.94. The third kappa shape index (κ3) is 4.43. The lowest BCUT2D eigenvalue weighted by atomic mass is 10.2. The number of aromatic carboxylic acids is 1. The van der Waals surface area contributed by atoms with E-state index < -0.39 is 12.0 Å². The maximum absolute atomic E-state index is 11.8. The summed E-state index contributed by atoms with van der Waals surface area (Å²) in [6.07, 6.45) is 0. The normalized spacial score (nSPS) is 11.6. The number of carbonyl (C=O) groups is 2. The van der Waals surface area contributed by atoms with Crippen molar-refractivity contribution < 1.29 is 24.2 Å². The van der Waals surface area contributed by atoms with Crippen LogP contribution in [0.5, 0.6) is 5.75 Å². The van der Waals surface area contributed by atoms with Crippen LogP contribution in [0.15, 0.2) is 18.2 Å². The fourth-order valence-electron chi connectivity index (χ4n) is 1.61. The summed E-state index contributed by atoms with van der Waals surface area (Å²) >= 11 is 0. The van der Waals surface area contributed by atoms with E-state index in [4.69, 9.17) is 14.6 Å². The van der Waals surface area contributed by atoms with Crippen LogP contribution in [0.3, 0.4) is 0 Å². The molecule has 0 radical (unpaired) electrons. The van der Waals surface area contributed by atoms with Gasteiger partial charge in [-0.25, -0.2) is 9.59 Å². The zero-order valence-electron chi connectivity index (χ0n) is 11.6. The van der Waals surface area contributed by atoms with Gasteiger partial charge < -0.3 is 25.2 Å². The third-order valence-corrected chi connectivity index (χ3v) is 2.49. The van der Waals surface area contributed by atoms with Gasteiger partial charge in [0.2, 0.25) is 0 Å². The second kappa shape index (κ2) is 7.34. The molecule has 0 bridgehead atoms. The number of nitrogens with one attached hydrogen (secondary N) is 2. The molecule has 1 aromatic rings. The highest BCUT2D eigenvalue weighted by Gasteiger charge is 2.13. The molecule has 0 aliphatic carbocycles. The van der Waals surface area contributed by atoms with E-state index in [9.17, 15) is 9.59 Å². The van der Waals surface area contributed by atoms with Crippen molar-refractivity contribution in [3.05, 3.63) is 23.8 Å². The zero-order valence-corrected chi connectivity index (χ0v) is 11.6. The first kappa shape index (κ1) is 15.8. The lowest BCUT2D eigenvalue weighted by Gasteiger charge is -2.15. The molecular weight excluding hydrogens is 264 g/mol. The number of ether oxygens (including phenoxy) is 2. The standard InChI is InChI=1S/C13H18N2O5/c1-8(7-19-2)14-13(18)15-10-6-9(12(16)17)4-5-11(10)20-3/h4-6,8H,7H2,1-3H3,(H,16,17)(H2,14,15,18). The summed E-state index contributed by atoms with van der Waals surface area (Å²) in [5.74, 6) is -0.701. The van der Waals surface area contributed by atoms with Crippen molar-refractivity contribution in [3.63, 3.8) is 0 Å². The van der Waals surface area contributed by atoms with Crippen LogP contribution in [0.4, 0.5) is 10.5 Å². The maximum atomic E-state index is 11.8. The smallest absolute Gasteiger partial charge is 0.335 e. The van der Waals surface area contributed by atoms with E-state index >= 15 is 0 Å². The molecule has 7 heteroatoms. The second-order valence-electron chi connectivity index (χ2n) is 4.18. The second-order valence-corrected chi connectivity index (χ2v) is 4.18. The fourth-order valence-corrected chi connectivity index (χ4v) is 1.61. The molecule has 110 valence electrons. The van der Waals surface area contributed by atoms with Crippen LogP contribution in [0.1, 0.15) is 17.3 Å². The van der Waals surface area contributed by atoms with Gasteiger partial charge >= 0.3 is 12.0 Å². The number of carbonyl (C=O) groups excluding carboxylic acids is 1. The molecule has 3 N–H and O–H groups in total.